The lowest BCUT2D eigenvalue weighted by atomic mass is 10.1. The minimum Gasteiger partial charge on any atom is -0.379 e. The molecule has 0 spiro atoms. The fourth-order valence-electron chi connectivity index (χ4n) is 4.62. The average molecular weight is 483 g/mol. The zero-order valence-corrected chi connectivity index (χ0v) is 19.8. The number of carbonyl (C=O) groups is 1. The van der Waals surface area contributed by atoms with Crippen molar-refractivity contribution in [2.45, 2.75) is 32.1 Å². The molecule has 1 amide bonds. The Morgan fingerprint density at radius 2 is 1.80 bits per heavy atom. The Kier molecular flexibility index (Phi) is 7.48. The standard InChI is InChI=1S/C25H31FN6O3/c26-19-6-4-18(5-7-19)23-22-24(32-11-2-1-3-12-32)28-20(29-25(22)35-30-23)8-9-21(33)27-10-13-31-14-16-34-17-15-31/h4-7H,1-3,8-17H2,(H,27,33). The molecule has 0 saturated carbocycles. The third kappa shape index (κ3) is 5.76. The summed E-state index contributed by atoms with van der Waals surface area (Å²) in [7, 11) is 0. The first kappa shape index (κ1) is 23.6. The molecule has 2 aliphatic rings. The molecule has 1 aromatic carbocycles. The van der Waals surface area contributed by atoms with Crippen molar-refractivity contribution in [2.75, 3.05) is 57.4 Å². The molecule has 2 saturated heterocycles. The summed E-state index contributed by atoms with van der Waals surface area (Å²) in [6.45, 7) is 6.51. The zero-order valence-electron chi connectivity index (χ0n) is 19.8. The van der Waals surface area contributed by atoms with Crippen molar-refractivity contribution >= 4 is 22.8 Å². The predicted octanol–water partition coefficient (Wildman–Crippen LogP) is 2.80. The third-order valence-electron chi connectivity index (χ3n) is 6.57. The van der Waals surface area contributed by atoms with Crippen LogP contribution in [0.5, 0.6) is 0 Å². The Morgan fingerprint density at radius 1 is 1.03 bits per heavy atom. The molecule has 10 heteroatoms. The van der Waals surface area contributed by atoms with E-state index in [-0.39, 0.29) is 11.7 Å². The van der Waals surface area contributed by atoms with Crippen LogP contribution in [0.3, 0.4) is 0 Å². The molecule has 2 fully saturated rings. The van der Waals surface area contributed by atoms with Crippen LogP contribution in [-0.4, -0.2) is 78.4 Å². The van der Waals surface area contributed by atoms with Gasteiger partial charge in [-0.25, -0.2) is 9.37 Å². The second-order valence-corrected chi connectivity index (χ2v) is 9.03. The Balaban J connectivity index is 1.31. The van der Waals surface area contributed by atoms with E-state index >= 15 is 0 Å². The molecule has 1 N–H and O–H groups in total. The number of amides is 1. The van der Waals surface area contributed by atoms with E-state index in [0.29, 0.717) is 36.6 Å². The summed E-state index contributed by atoms with van der Waals surface area (Å²) in [6.07, 6.45) is 4.07. The number of carbonyl (C=O) groups excluding carboxylic acids is 1. The second kappa shape index (κ2) is 11.1. The maximum absolute atomic E-state index is 13.5. The molecule has 9 nitrogen and oxygen atoms in total. The van der Waals surface area contributed by atoms with Crippen LogP contribution in [0.2, 0.25) is 0 Å². The summed E-state index contributed by atoms with van der Waals surface area (Å²) in [4.78, 5) is 26.4. The van der Waals surface area contributed by atoms with E-state index in [9.17, 15) is 9.18 Å². The van der Waals surface area contributed by atoms with E-state index < -0.39 is 0 Å². The topological polar surface area (TPSA) is 96.6 Å². The number of aryl methyl sites for hydroxylation is 1. The van der Waals surface area contributed by atoms with Crippen molar-refractivity contribution in [3.05, 3.63) is 35.9 Å². The van der Waals surface area contributed by atoms with Gasteiger partial charge >= 0.3 is 0 Å². The second-order valence-electron chi connectivity index (χ2n) is 9.03. The predicted molar refractivity (Wildman–Crippen MR) is 130 cm³/mol. The average Bonchev–Trinajstić information content (AvgIpc) is 3.33. The monoisotopic (exact) mass is 482 g/mol. The summed E-state index contributed by atoms with van der Waals surface area (Å²) in [5.74, 6) is 1.01. The molecule has 35 heavy (non-hydrogen) atoms. The lowest BCUT2D eigenvalue weighted by molar-refractivity contribution is -0.121. The summed E-state index contributed by atoms with van der Waals surface area (Å²) in [5.41, 5.74) is 1.75. The first-order valence-corrected chi connectivity index (χ1v) is 12.4. The maximum Gasteiger partial charge on any atom is 0.263 e. The number of aromatic nitrogens is 3. The largest absolute Gasteiger partial charge is 0.379 e. The smallest absolute Gasteiger partial charge is 0.263 e. The Bertz CT molecular complexity index is 1140. The number of fused-ring (bicyclic) bond motifs is 1. The fraction of sp³-hybridized carbons (Fsp3) is 0.520. The van der Waals surface area contributed by atoms with Crippen molar-refractivity contribution in [1.29, 1.82) is 0 Å². The minimum atomic E-state index is -0.306. The maximum atomic E-state index is 13.5. The quantitative estimate of drug-likeness (QED) is 0.524. The number of anilines is 1. The molecular formula is C25H31FN6O3. The summed E-state index contributed by atoms with van der Waals surface area (Å²) in [5, 5.41) is 7.98. The SMILES string of the molecule is O=C(CCc1nc(N2CCCCC2)c2c(-c3ccc(F)cc3)noc2n1)NCCN1CCOCC1. The van der Waals surface area contributed by atoms with E-state index in [1.54, 1.807) is 12.1 Å². The van der Waals surface area contributed by atoms with Crippen LogP contribution in [0.25, 0.3) is 22.4 Å². The Labute approximate surface area is 203 Å². The van der Waals surface area contributed by atoms with Crippen LogP contribution in [0.1, 0.15) is 31.5 Å². The van der Waals surface area contributed by atoms with Crippen molar-refractivity contribution < 1.29 is 18.4 Å². The first-order valence-electron chi connectivity index (χ1n) is 12.4. The summed E-state index contributed by atoms with van der Waals surface area (Å²) >= 11 is 0. The van der Waals surface area contributed by atoms with Crippen LogP contribution < -0.4 is 10.2 Å². The van der Waals surface area contributed by atoms with Gasteiger partial charge in [0.1, 0.15) is 28.5 Å². The van der Waals surface area contributed by atoms with Gasteiger partial charge in [-0.3, -0.25) is 9.69 Å². The number of morpholine rings is 1. The number of piperidine rings is 1. The minimum absolute atomic E-state index is 0.0222. The van der Waals surface area contributed by atoms with E-state index in [1.165, 1.54) is 18.6 Å². The van der Waals surface area contributed by atoms with Gasteiger partial charge in [0.25, 0.3) is 5.71 Å². The van der Waals surface area contributed by atoms with E-state index in [2.05, 4.69) is 25.3 Å². The lowest BCUT2D eigenvalue weighted by Gasteiger charge is -2.28. The van der Waals surface area contributed by atoms with Crippen LogP contribution in [0.4, 0.5) is 10.2 Å². The molecule has 3 aromatic rings. The molecular weight excluding hydrogens is 451 g/mol. The van der Waals surface area contributed by atoms with Gasteiger partial charge in [0.05, 0.1) is 13.2 Å². The molecule has 0 aliphatic carbocycles. The number of rotatable bonds is 8. The van der Waals surface area contributed by atoms with Gasteiger partial charge in [-0.1, -0.05) is 5.16 Å². The van der Waals surface area contributed by atoms with Crippen LogP contribution in [0, 0.1) is 5.82 Å². The zero-order chi connectivity index (χ0) is 24.0. The number of halogens is 1. The van der Waals surface area contributed by atoms with Gasteiger partial charge in [-0.15, -0.1) is 0 Å². The van der Waals surface area contributed by atoms with Gasteiger partial charge in [-0.05, 0) is 43.5 Å². The van der Waals surface area contributed by atoms with E-state index in [4.69, 9.17) is 14.2 Å². The molecule has 0 unspecified atom stereocenters. The molecule has 4 heterocycles. The highest BCUT2D eigenvalue weighted by atomic mass is 19.1. The van der Waals surface area contributed by atoms with E-state index in [1.807, 2.05) is 0 Å². The van der Waals surface area contributed by atoms with E-state index in [0.717, 1.165) is 75.5 Å². The summed E-state index contributed by atoms with van der Waals surface area (Å²) in [6, 6.07) is 6.18. The van der Waals surface area contributed by atoms with Crippen LogP contribution in [0.15, 0.2) is 28.8 Å². The van der Waals surface area contributed by atoms with Crippen LogP contribution in [-0.2, 0) is 16.0 Å². The highest BCUT2D eigenvalue weighted by Gasteiger charge is 2.24. The lowest BCUT2D eigenvalue weighted by Crippen LogP contribution is -2.41. The van der Waals surface area contributed by atoms with Crippen molar-refractivity contribution in [3.63, 3.8) is 0 Å². The van der Waals surface area contributed by atoms with Crippen LogP contribution >= 0.6 is 0 Å². The molecule has 2 aliphatic heterocycles. The molecule has 186 valence electrons. The normalized spacial score (nSPS) is 17.1. The highest BCUT2D eigenvalue weighted by molar-refractivity contribution is 5.98. The van der Waals surface area contributed by atoms with Gasteiger partial charge in [-0.2, -0.15) is 4.98 Å². The number of nitrogens with one attached hydrogen (secondary N) is 1. The van der Waals surface area contributed by atoms with Crippen molar-refractivity contribution in [2.24, 2.45) is 0 Å². The Morgan fingerprint density at radius 3 is 2.57 bits per heavy atom. The number of benzene rings is 1. The third-order valence-corrected chi connectivity index (χ3v) is 6.57. The molecule has 0 atom stereocenters. The number of nitrogens with zero attached hydrogens (tertiary/aromatic N) is 5. The molecule has 0 radical (unpaired) electrons. The number of ether oxygens (including phenoxy) is 1. The molecule has 5 rings (SSSR count). The van der Waals surface area contributed by atoms with Crippen molar-refractivity contribution in [3.8, 4) is 11.3 Å². The van der Waals surface area contributed by atoms with Gasteiger partial charge in [0.15, 0.2) is 0 Å². The van der Waals surface area contributed by atoms with Gasteiger partial charge in [0.2, 0.25) is 5.91 Å². The molecule has 0 bridgehead atoms. The van der Waals surface area contributed by atoms with Crippen molar-refractivity contribution in [1.82, 2.24) is 25.3 Å². The Hall–Kier alpha value is -3.11. The van der Waals surface area contributed by atoms with Gasteiger partial charge in [0, 0.05) is 57.7 Å². The number of hydrogen-bond acceptors (Lipinski definition) is 8. The molecule has 2 aromatic heterocycles. The fourth-order valence-corrected chi connectivity index (χ4v) is 4.62. The highest BCUT2D eigenvalue weighted by Crippen LogP contribution is 2.35. The summed E-state index contributed by atoms with van der Waals surface area (Å²) < 4.78 is 24.4. The first-order chi connectivity index (χ1) is 17.2. The van der Waals surface area contributed by atoms with Gasteiger partial charge < -0.3 is 19.5 Å². The number of hydrogen-bond donors (Lipinski definition) is 1.